The molecule has 1 aromatic rings. The highest BCUT2D eigenvalue weighted by Gasteiger charge is 2.57. The van der Waals surface area contributed by atoms with E-state index in [0.29, 0.717) is 6.54 Å². The van der Waals surface area contributed by atoms with Crippen LogP contribution >= 0.6 is 0 Å². The topological polar surface area (TPSA) is 77.8 Å². The molecule has 0 bridgehead atoms. The van der Waals surface area contributed by atoms with E-state index < -0.39 is 29.8 Å². The largest absolute Gasteiger partial charge is 0.480 e. The Hall–Kier alpha value is -1.95. The summed E-state index contributed by atoms with van der Waals surface area (Å²) in [5, 5.41) is 19.2. The number of likely N-dealkylation sites (tertiary alicyclic amines) is 1. The van der Waals surface area contributed by atoms with E-state index in [0.717, 1.165) is 17.4 Å². The van der Waals surface area contributed by atoms with Crippen LogP contribution in [0.4, 0.5) is 4.39 Å². The summed E-state index contributed by atoms with van der Waals surface area (Å²) in [5.41, 5.74) is -0.123. The Morgan fingerprint density at radius 2 is 2.05 bits per heavy atom. The fourth-order valence-corrected chi connectivity index (χ4v) is 3.00. The minimum Gasteiger partial charge on any atom is -0.480 e. The van der Waals surface area contributed by atoms with Crippen molar-refractivity contribution in [2.45, 2.75) is 18.6 Å². The molecule has 1 aliphatic carbocycles. The number of piperidine rings is 1. The van der Waals surface area contributed by atoms with E-state index in [4.69, 9.17) is 0 Å². The standard InChI is InChI=1S/C14H14FNO4/c15-10-4-2-1-3-8(10)12(17)13(18)16-6-7-5-9(7)11(16)14(19)20/h1-4,7,9,11-12,17H,5-6H2,(H,19,20)/t7-,9-,11-,12?/m0/s1. The second-order valence-electron chi connectivity index (χ2n) is 5.36. The smallest absolute Gasteiger partial charge is 0.326 e. The number of carboxylic acid groups (broad SMARTS) is 1. The fraction of sp³-hybridized carbons (Fsp3) is 0.429. The van der Waals surface area contributed by atoms with Crippen LogP contribution in [0.5, 0.6) is 0 Å². The van der Waals surface area contributed by atoms with Crippen LogP contribution in [-0.4, -0.2) is 39.6 Å². The molecule has 0 radical (unpaired) electrons. The number of aliphatic hydroxyl groups is 1. The SMILES string of the molecule is O=C(O)[C@@H]1[C@H]2C[C@H]2CN1C(=O)C(O)c1ccccc1F. The summed E-state index contributed by atoms with van der Waals surface area (Å²) in [5.74, 6) is -2.31. The maximum absolute atomic E-state index is 13.6. The predicted octanol–water partition coefficient (Wildman–Crippen LogP) is 0.791. The van der Waals surface area contributed by atoms with Crippen LogP contribution in [-0.2, 0) is 9.59 Å². The maximum Gasteiger partial charge on any atom is 0.326 e. The van der Waals surface area contributed by atoms with Crippen molar-refractivity contribution in [1.82, 2.24) is 4.90 Å². The third kappa shape index (κ3) is 1.96. The molecule has 20 heavy (non-hydrogen) atoms. The quantitative estimate of drug-likeness (QED) is 0.857. The molecule has 2 fully saturated rings. The molecule has 1 heterocycles. The molecular weight excluding hydrogens is 265 g/mol. The van der Waals surface area contributed by atoms with Crippen LogP contribution in [0.1, 0.15) is 18.1 Å². The van der Waals surface area contributed by atoms with E-state index in [1.165, 1.54) is 18.2 Å². The molecule has 2 N–H and O–H groups in total. The third-order valence-corrected chi connectivity index (χ3v) is 4.12. The number of nitrogens with zero attached hydrogens (tertiary/aromatic N) is 1. The first-order valence-electron chi connectivity index (χ1n) is 6.46. The number of halogens is 1. The summed E-state index contributed by atoms with van der Waals surface area (Å²) in [4.78, 5) is 24.6. The second kappa shape index (κ2) is 4.56. The molecule has 106 valence electrons. The summed E-state index contributed by atoms with van der Waals surface area (Å²) in [6.45, 7) is 0.325. The van der Waals surface area contributed by atoms with Crippen LogP contribution in [0.3, 0.4) is 0 Å². The lowest BCUT2D eigenvalue weighted by molar-refractivity contribution is -0.153. The van der Waals surface area contributed by atoms with E-state index in [-0.39, 0.29) is 17.4 Å². The molecule has 4 atom stereocenters. The molecule has 2 aliphatic rings. The fourth-order valence-electron chi connectivity index (χ4n) is 3.00. The molecule has 1 unspecified atom stereocenters. The van der Waals surface area contributed by atoms with E-state index in [2.05, 4.69) is 0 Å². The molecule has 1 saturated carbocycles. The Bertz CT molecular complexity index is 576. The van der Waals surface area contributed by atoms with E-state index in [1.54, 1.807) is 0 Å². The molecule has 1 saturated heterocycles. The first kappa shape index (κ1) is 13.1. The first-order valence-corrected chi connectivity index (χ1v) is 6.46. The normalized spacial score (nSPS) is 28.9. The summed E-state index contributed by atoms with van der Waals surface area (Å²) in [7, 11) is 0. The van der Waals surface area contributed by atoms with Crippen molar-refractivity contribution in [3.8, 4) is 0 Å². The van der Waals surface area contributed by atoms with Gasteiger partial charge in [0, 0.05) is 12.1 Å². The highest BCUT2D eigenvalue weighted by atomic mass is 19.1. The summed E-state index contributed by atoms with van der Waals surface area (Å²) < 4.78 is 13.6. The van der Waals surface area contributed by atoms with Gasteiger partial charge < -0.3 is 15.1 Å². The molecule has 3 rings (SSSR count). The molecule has 6 heteroatoms. The van der Waals surface area contributed by atoms with E-state index in [1.807, 2.05) is 0 Å². The second-order valence-corrected chi connectivity index (χ2v) is 5.36. The number of benzene rings is 1. The van der Waals surface area contributed by atoms with E-state index >= 15 is 0 Å². The van der Waals surface area contributed by atoms with Crippen LogP contribution in [0.25, 0.3) is 0 Å². The zero-order valence-electron chi connectivity index (χ0n) is 10.6. The number of aliphatic hydroxyl groups excluding tert-OH is 1. The van der Waals surface area contributed by atoms with Crippen molar-refractivity contribution >= 4 is 11.9 Å². The van der Waals surface area contributed by atoms with Gasteiger partial charge in [-0.3, -0.25) is 4.79 Å². The van der Waals surface area contributed by atoms with Gasteiger partial charge in [-0.25, -0.2) is 9.18 Å². The Morgan fingerprint density at radius 3 is 2.70 bits per heavy atom. The Kier molecular flexibility index (Phi) is 2.97. The molecule has 0 aromatic heterocycles. The lowest BCUT2D eigenvalue weighted by atomic mass is 10.1. The summed E-state index contributed by atoms with van der Waals surface area (Å²) in [6.07, 6.45) is -0.855. The van der Waals surface area contributed by atoms with Crippen molar-refractivity contribution in [2.75, 3.05) is 6.54 Å². The molecule has 1 aliphatic heterocycles. The Balaban J connectivity index is 1.82. The molecular formula is C14H14FNO4. The van der Waals surface area contributed by atoms with Gasteiger partial charge in [0.1, 0.15) is 11.9 Å². The molecule has 1 amide bonds. The number of rotatable bonds is 3. The van der Waals surface area contributed by atoms with Gasteiger partial charge in [0.05, 0.1) is 0 Å². The van der Waals surface area contributed by atoms with Crippen molar-refractivity contribution < 1.29 is 24.2 Å². The Labute approximate surface area is 114 Å². The zero-order chi connectivity index (χ0) is 14.4. The summed E-state index contributed by atoms with van der Waals surface area (Å²) >= 11 is 0. The molecule has 5 nitrogen and oxygen atoms in total. The van der Waals surface area contributed by atoms with Gasteiger partial charge in [0.15, 0.2) is 6.10 Å². The van der Waals surface area contributed by atoms with Gasteiger partial charge in [0.25, 0.3) is 5.91 Å². The van der Waals surface area contributed by atoms with Gasteiger partial charge >= 0.3 is 5.97 Å². The predicted molar refractivity (Wildman–Crippen MR) is 66.1 cm³/mol. The van der Waals surface area contributed by atoms with Gasteiger partial charge in [-0.15, -0.1) is 0 Å². The molecule has 0 spiro atoms. The number of aliphatic carboxylic acids is 1. The van der Waals surface area contributed by atoms with Crippen LogP contribution in [0.2, 0.25) is 0 Å². The van der Waals surface area contributed by atoms with Crippen LogP contribution < -0.4 is 0 Å². The van der Waals surface area contributed by atoms with Gasteiger partial charge in [0.2, 0.25) is 0 Å². The maximum atomic E-state index is 13.6. The number of carboxylic acids is 1. The molecule has 1 aromatic carbocycles. The minimum absolute atomic E-state index is 0.0238. The minimum atomic E-state index is -1.66. The number of hydrogen-bond donors (Lipinski definition) is 2. The number of carbonyl (C=O) groups is 2. The van der Waals surface area contributed by atoms with Gasteiger partial charge in [-0.05, 0) is 24.3 Å². The van der Waals surface area contributed by atoms with E-state index in [9.17, 15) is 24.2 Å². The zero-order valence-corrected chi connectivity index (χ0v) is 10.6. The lowest BCUT2D eigenvalue weighted by Gasteiger charge is -2.26. The number of fused-ring (bicyclic) bond motifs is 1. The lowest BCUT2D eigenvalue weighted by Crippen LogP contribution is -2.45. The number of amides is 1. The highest BCUT2D eigenvalue weighted by Crippen LogP contribution is 2.50. The van der Waals surface area contributed by atoms with Gasteiger partial charge in [-0.1, -0.05) is 18.2 Å². The third-order valence-electron chi connectivity index (χ3n) is 4.12. The van der Waals surface area contributed by atoms with Crippen molar-refractivity contribution in [1.29, 1.82) is 0 Å². The Morgan fingerprint density at radius 1 is 1.35 bits per heavy atom. The van der Waals surface area contributed by atoms with Crippen LogP contribution in [0.15, 0.2) is 24.3 Å². The summed E-state index contributed by atoms with van der Waals surface area (Å²) in [6, 6.07) is 4.56. The number of hydrogen-bond acceptors (Lipinski definition) is 3. The number of carbonyl (C=O) groups excluding carboxylic acids is 1. The average molecular weight is 279 g/mol. The highest BCUT2D eigenvalue weighted by molar-refractivity contribution is 5.88. The first-order chi connectivity index (χ1) is 9.50. The van der Waals surface area contributed by atoms with Gasteiger partial charge in [-0.2, -0.15) is 0 Å². The van der Waals surface area contributed by atoms with Crippen molar-refractivity contribution in [2.24, 2.45) is 11.8 Å². The van der Waals surface area contributed by atoms with Crippen LogP contribution in [0, 0.1) is 17.7 Å². The van der Waals surface area contributed by atoms with Crippen molar-refractivity contribution in [3.05, 3.63) is 35.6 Å². The average Bonchev–Trinajstić information content (AvgIpc) is 3.07. The van der Waals surface area contributed by atoms with Crippen molar-refractivity contribution in [3.63, 3.8) is 0 Å². The monoisotopic (exact) mass is 279 g/mol.